The number of likely N-dealkylation sites (tertiary alicyclic amines) is 1. The number of benzene rings is 1. The van der Waals surface area contributed by atoms with Crippen LogP contribution < -0.4 is 5.32 Å². The van der Waals surface area contributed by atoms with Crippen LogP contribution in [0.4, 0.5) is 0 Å². The fraction of sp³-hybridized carbons (Fsp3) is 0.542. The number of nitrogens with one attached hydrogen (secondary N) is 1. The molecular formula is C24H30N2O3. The Morgan fingerprint density at radius 3 is 2.90 bits per heavy atom. The minimum absolute atomic E-state index is 0.00820. The monoisotopic (exact) mass is 394 g/mol. The van der Waals surface area contributed by atoms with Gasteiger partial charge in [-0.25, -0.2) is 0 Å². The third kappa shape index (κ3) is 3.74. The van der Waals surface area contributed by atoms with Gasteiger partial charge in [0.2, 0.25) is 5.91 Å². The molecule has 1 spiro atoms. The molecule has 1 N–H and O–H groups in total. The second-order valence-electron chi connectivity index (χ2n) is 9.00. The summed E-state index contributed by atoms with van der Waals surface area (Å²) in [5.74, 6) is 3.07. The van der Waals surface area contributed by atoms with Crippen LogP contribution in [-0.4, -0.2) is 42.1 Å². The van der Waals surface area contributed by atoms with Crippen molar-refractivity contribution < 1.29 is 13.9 Å². The highest BCUT2D eigenvalue weighted by molar-refractivity contribution is 5.76. The first kappa shape index (κ1) is 18.9. The van der Waals surface area contributed by atoms with E-state index in [1.165, 1.54) is 5.56 Å². The third-order valence-corrected chi connectivity index (χ3v) is 7.05. The maximum absolute atomic E-state index is 12.4. The van der Waals surface area contributed by atoms with Crippen LogP contribution in [0.25, 0.3) is 0 Å². The molecule has 0 aliphatic carbocycles. The van der Waals surface area contributed by atoms with E-state index >= 15 is 0 Å². The van der Waals surface area contributed by atoms with Crippen molar-refractivity contribution in [2.45, 2.75) is 50.9 Å². The first-order valence-electron chi connectivity index (χ1n) is 10.9. The molecule has 1 aromatic carbocycles. The standard InChI is InChI=1S/C24H30N2O3/c1-17-7-9-19(28-17)14-26-15-21-20(22-11-12-24(21,16-26)29-22)13-25-23(27)10-8-18-5-3-2-4-6-18/h2-7,9,20-22H,8,10-16H2,1H3,(H,25,27)/t20-,21+,22+,24+/m0/s1. The van der Waals surface area contributed by atoms with Gasteiger partial charge in [-0.1, -0.05) is 30.3 Å². The van der Waals surface area contributed by atoms with Gasteiger partial charge in [0.05, 0.1) is 18.2 Å². The number of amides is 1. The molecule has 0 unspecified atom stereocenters. The number of hydrogen-bond donors (Lipinski definition) is 1. The van der Waals surface area contributed by atoms with E-state index in [0.717, 1.165) is 57.0 Å². The Bertz CT molecular complexity index is 864. The van der Waals surface area contributed by atoms with Crippen LogP contribution >= 0.6 is 0 Å². The van der Waals surface area contributed by atoms with Crippen LogP contribution in [0.15, 0.2) is 46.9 Å². The van der Waals surface area contributed by atoms with Gasteiger partial charge in [-0.05, 0) is 43.9 Å². The average molecular weight is 395 g/mol. The van der Waals surface area contributed by atoms with E-state index in [2.05, 4.69) is 28.4 Å². The van der Waals surface area contributed by atoms with Crippen LogP contribution in [0.3, 0.4) is 0 Å². The Balaban J connectivity index is 1.16. The zero-order valence-corrected chi connectivity index (χ0v) is 17.1. The first-order valence-corrected chi connectivity index (χ1v) is 10.9. The van der Waals surface area contributed by atoms with Gasteiger partial charge in [0, 0.05) is 37.9 Å². The van der Waals surface area contributed by atoms with Crippen molar-refractivity contribution in [3.8, 4) is 0 Å². The van der Waals surface area contributed by atoms with Crippen molar-refractivity contribution in [3.05, 3.63) is 59.5 Å². The van der Waals surface area contributed by atoms with Crippen LogP contribution in [0.2, 0.25) is 0 Å². The van der Waals surface area contributed by atoms with Crippen LogP contribution in [0.5, 0.6) is 0 Å². The van der Waals surface area contributed by atoms with E-state index in [9.17, 15) is 4.79 Å². The fourth-order valence-electron chi connectivity index (χ4n) is 5.69. The molecule has 3 aliphatic heterocycles. The van der Waals surface area contributed by atoms with Gasteiger partial charge in [-0.3, -0.25) is 9.69 Å². The van der Waals surface area contributed by atoms with E-state index in [-0.39, 0.29) is 11.5 Å². The van der Waals surface area contributed by atoms with Crippen LogP contribution in [-0.2, 0) is 22.5 Å². The SMILES string of the molecule is Cc1ccc(CN2C[C@@H]3[C@H](CNC(=O)CCc4ccccc4)[C@H]4CC[C@]3(C2)O4)o1. The number of fused-ring (bicyclic) bond motifs is 1. The molecule has 5 nitrogen and oxygen atoms in total. The minimum atomic E-state index is -0.00820. The third-order valence-electron chi connectivity index (χ3n) is 7.05. The first-order chi connectivity index (χ1) is 14.1. The molecule has 5 rings (SSSR count). The number of nitrogens with zero attached hydrogens (tertiary/aromatic N) is 1. The van der Waals surface area contributed by atoms with Crippen molar-refractivity contribution in [1.82, 2.24) is 10.2 Å². The number of ether oxygens (including phenoxy) is 1. The molecule has 0 radical (unpaired) electrons. The minimum Gasteiger partial charge on any atom is -0.465 e. The van der Waals surface area contributed by atoms with Gasteiger partial charge in [-0.15, -0.1) is 0 Å². The highest BCUT2D eigenvalue weighted by Crippen LogP contribution is 2.54. The Morgan fingerprint density at radius 2 is 2.10 bits per heavy atom. The number of hydrogen-bond acceptors (Lipinski definition) is 4. The van der Waals surface area contributed by atoms with Crippen LogP contribution in [0, 0.1) is 18.8 Å². The number of carbonyl (C=O) groups excluding carboxylic acids is 1. The molecule has 154 valence electrons. The predicted octanol–water partition coefficient (Wildman–Crippen LogP) is 3.32. The van der Waals surface area contributed by atoms with Crippen molar-refractivity contribution in [2.24, 2.45) is 11.8 Å². The number of carbonyl (C=O) groups is 1. The largest absolute Gasteiger partial charge is 0.465 e. The van der Waals surface area contributed by atoms with Gasteiger partial charge < -0.3 is 14.5 Å². The van der Waals surface area contributed by atoms with Crippen molar-refractivity contribution in [3.63, 3.8) is 0 Å². The molecule has 3 aliphatic rings. The molecule has 2 bridgehead atoms. The Labute approximate surface area is 172 Å². The van der Waals surface area contributed by atoms with Gasteiger partial charge in [0.25, 0.3) is 0 Å². The highest BCUT2D eigenvalue weighted by atomic mass is 16.5. The topological polar surface area (TPSA) is 54.7 Å². The van der Waals surface area contributed by atoms with E-state index in [1.807, 2.05) is 31.2 Å². The molecule has 3 saturated heterocycles. The fourth-order valence-corrected chi connectivity index (χ4v) is 5.69. The molecule has 2 aromatic rings. The summed E-state index contributed by atoms with van der Waals surface area (Å²) in [5.41, 5.74) is 1.20. The molecule has 3 fully saturated rings. The second kappa shape index (κ2) is 7.62. The Kier molecular flexibility index (Phi) is 4.96. The van der Waals surface area contributed by atoms with E-state index in [4.69, 9.17) is 9.15 Å². The molecule has 29 heavy (non-hydrogen) atoms. The zero-order chi connectivity index (χ0) is 19.8. The van der Waals surface area contributed by atoms with Gasteiger partial charge in [0.1, 0.15) is 11.5 Å². The number of furan rings is 1. The lowest BCUT2D eigenvalue weighted by Crippen LogP contribution is -2.41. The van der Waals surface area contributed by atoms with Gasteiger partial charge in [0.15, 0.2) is 0 Å². The molecule has 0 saturated carbocycles. The Hall–Kier alpha value is -2.11. The van der Waals surface area contributed by atoms with Gasteiger partial charge in [-0.2, -0.15) is 0 Å². The summed E-state index contributed by atoms with van der Waals surface area (Å²) in [4.78, 5) is 14.9. The maximum atomic E-state index is 12.4. The predicted molar refractivity (Wildman–Crippen MR) is 110 cm³/mol. The molecule has 5 heteroatoms. The van der Waals surface area contributed by atoms with E-state index < -0.39 is 0 Å². The zero-order valence-electron chi connectivity index (χ0n) is 17.1. The molecular weight excluding hydrogens is 364 g/mol. The van der Waals surface area contributed by atoms with Crippen molar-refractivity contribution in [1.29, 1.82) is 0 Å². The smallest absolute Gasteiger partial charge is 0.220 e. The molecule has 4 atom stereocenters. The summed E-state index contributed by atoms with van der Waals surface area (Å²) < 4.78 is 12.3. The highest BCUT2D eigenvalue weighted by Gasteiger charge is 2.62. The van der Waals surface area contributed by atoms with Crippen molar-refractivity contribution in [2.75, 3.05) is 19.6 Å². The molecule has 1 amide bonds. The van der Waals surface area contributed by atoms with E-state index in [0.29, 0.717) is 24.4 Å². The second-order valence-corrected chi connectivity index (χ2v) is 9.00. The normalized spacial score (nSPS) is 30.6. The lowest BCUT2D eigenvalue weighted by Gasteiger charge is -2.29. The summed E-state index contributed by atoms with van der Waals surface area (Å²) in [6, 6.07) is 14.3. The summed E-state index contributed by atoms with van der Waals surface area (Å²) in [6.45, 7) is 5.57. The lowest BCUT2D eigenvalue weighted by molar-refractivity contribution is -0.121. The summed E-state index contributed by atoms with van der Waals surface area (Å²) in [7, 11) is 0. The lowest BCUT2D eigenvalue weighted by atomic mass is 9.73. The number of aryl methyl sites for hydroxylation is 2. The summed E-state index contributed by atoms with van der Waals surface area (Å²) >= 11 is 0. The van der Waals surface area contributed by atoms with Crippen LogP contribution in [0.1, 0.15) is 36.3 Å². The average Bonchev–Trinajstić information content (AvgIpc) is 3.46. The number of rotatable bonds is 7. The molecule has 4 heterocycles. The maximum Gasteiger partial charge on any atom is 0.220 e. The Morgan fingerprint density at radius 1 is 1.24 bits per heavy atom. The van der Waals surface area contributed by atoms with E-state index in [1.54, 1.807) is 0 Å². The quantitative estimate of drug-likeness (QED) is 0.783. The molecule has 1 aromatic heterocycles. The summed E-state index contributed by atoms with van der Waals surface area (Å²) in [6.07, 6.45) is 3.91. The van der Waals surface area contributed by atoms with Crippen molar-refractivity contribution >= 4 is 5.91 Å². The summed E-state index contributed by atoms with van der Waals surface area (Å²) in [5, 5.41) is 3.20. The van der Waals surface area contributed by atoms with Gasteiger partial charge >= 0.3 is 0 Å².